The first-order chi connectivity index (χ1) is 9.81. The molecule has 0 heterocycles. The highest BCUT2D eigenvalue weighted by Crippen LogP contribution is 2.23. The molecule has 1 aliphatic rings. The standard InChI is InChI=1S/C13H19N3O4S/c1-9-8-10(16(17)18)6-7-13(9)21(19,20)15-12-5-3-2-4-11(12)14/h6-8,11-12,15H,2-5,14H2,1H3/t11-,12-/m1/s1. The highest BCUT2D eigenvalue weighted by atomic mass is 32.2. The van der Waals surface area contributed by atoms with Crippen molar-refractivity contribution in [1.29, 1.82) is 0 Å². The van der Waals surface area contributed by atoms with Crippen LogP contribution in [0.3, 0.4) is 0 Å². The Bertz CT molecular complexity index is 645. The number of rotatable bonds is 4. The van der Waals surface area contributed by atoms with E-state index in [0.717, 1.165) is 19.3 Å². The molecule has 8 heteroatoms. The van der Waals surface area contributed by atoms with Crippen LogP contribution < -0.4 is 10.5 Å². The summed E-state index contributed by atoms with van der Waals surface area (Å²) in [6.45, 7) is 1.54. The highest BCUT2D eigenvalue weighted by Gasteiger charge is 2.28. The molecule has 2 rings (SSSR count). The third kappa shape index (κ3) is 3.58. The zero-order valence-electron chi connectivity index (χ0n) is 11.8. The molecule has 0 aromatic heterocycles. The van der Waals surface area contributed by atoms with Gasteiger partial charge in [-0.2, -0.15) is 0 Å². The number of sulfonamides is 1. The number of nitrogens with two attached hydrogens (primary N) is 1. The van der Waals surface area contributed by atoms with Gasteiger partial charge in [0.05, 0.1) is 9.82 Å². The first kappa shape index (κ1) is 15.9. The van der Waals surface area contributed by atoms with Gasteiger partial charge in [0.2, 0.25) is 10.0 Å². The van der Waals surface area contributed by atoms with Gasteiger partial charge in [0.15, 0.2) is 0 Å². The van der Waals surface area contributed by atoms with Gasteiger partial charge in [-0.1, -0.05) is 12.8 Å². The molecule has 21 heavy (non-hydrogen) atoms. The zero-order chi connectivity index (χ0) is 15.6. The monoisotopic (exact) mass is 313 g/mol. The largest absolute Gasteiger partial charge is 0.326 e. The first-order valence-electron chi connectivity index (χ1n) is 6.84. The van der Waals surface area contributed by atoms with Gasteiger partial charge in [0.25, 0.3) is 5.69 Å². The summed E-state index contributed by atoms with van der Waals surface area (Å²) >= 11 is 0. The molecular formula is C13H19N3O4S. The SMILES string of the molecule is Cc1cc([N+](=O)[O-])ccc1S(=O)(=O)N[C@@H]1CCCC[C@H]1N. The first-order valence-corrected chi connectivity index (χ1v) is 8.32. The summed E-state index contributed by atoms with van der Waals surface area (Å²) in [5, 5.41) is 10.7. The van der Waals surface area contributed by atoms with Crippen LogP contribution >= 0.6 is 0 Å². The molecule has 1 aromatic rings. The molecule has 1 aromatic carbocycles. The van der Waals surface area contributed by atoms with E-state index in [0.29, 0.717) is 12.0 Å². The lowest BCUT2D eigenvalue weighted by molar-refractivity contribution is -0.385. The van der Waals surface area contributed by atoms with Gasteiger partial charge >= 0.3 is 0 Å². The van der Waals surface area contributed by atoms with Crippen molar-refractivity contribution in [2.24, 2.45) is 5.73 Å². The minimum atomic E-state index is -3.72. The molecule has 0 saturated heterocycles. The van der Waals surface area contributed by atoms with E-state index in [1.165, 1.54) is 18.2 Å². The molecule has 0 spiro atoms. The van der Waals surface area contributed by atoms with Crippen LogP contribution in [0.25, 0.3) is 0 Å². The molecule has 1 fully saturated rings. The normalized spacial score (nSPS) is 23.0. The van der Waals surface area contributed by atoms with E-state index in [1.807, 2.05) is 0 Å². The predicted molar refractivity (Wildman–Crippen MR) is 78.4 cm³/mol. The Kier molecular flexibility index (Phi) is 4.60. The zero-order valence-corrected chi connectivity index (χ0v) is 12.6. The average molecular weight is 313 g/mol. The van der Waals surface area contributed by atoms with E-state index in [4.69, 9.17) is 5.73 Å². The molecule has 116 valence electrons. The topological polar surface area (TPSA) is 115 Å². The van der Waals surface area contributed by atoms with Crippen LogP contribution in [0.4, 0.5) is 5.69 Å². The van der Waals surface area contributed by atoms with Gasteiger partial charge in [-0.3, -0.25) is 10.1 Å². The van der Waals surface area contributed by atoms with Crippen LogP contribution in [-0.4, -0.2) is 25.4 Å². The van der Waals surface area contributed by atoms with Crippen LogP contribution in [0.5, 0.6) is 0 Å². The fraction of sp³-hybridized carbons (Fsp3) is 0.538. The van der Waals surface area contributed by atoms with E-state index >= 15 is 0 Å². The van der Waals surface area contributed by atoms with Gasteiger partial charge in [-0.05, 0) is 31.4 Å². The summed E-state index contributed by atoms with van der Waals surface area (Å²) in [5.41, 5.74) is 6.17. The summed E-state index contributed by atoms with van der Waals surface area (Å²) in [6.07, 6.45) is 3.47. The molecule has 0 amide bonds. The fourth-order valence-corrected chi connectivity index (χ4v) is 4.17. The minimum Gasteiger partial charge on any atom is -0.326 e. The lowest BCUT2D eigenvalue weighted by atomic mass is 9.92. The smallest absolute Gasteiger partial charge is 0.269 e. The number of nitrogens with zero attached hydrogens (tertiary/aromatic N) is 1. The van der Waals surface area contributed by atoms with Crippen LogP contribution in [0.15, 0.2) is 23.1 Å². The number of non-ortho nitro benzene ring substituents is 1. The average Bonchev–Trinajstić information content (AvgIpc) is 2.40. The van der Waals surface area contributed by atoms with Crippen LogP contribution in [0, 0.1) is 17.0 Å². The highest BCUT2D eigenvalue weighted by molar-refractivity contribution is 7.89. The van der Waals surface area contributed by atoms with E-state index in [9.17, 15) is 18.5 Å². The lowest BCUT2D eigenvalue weighted by Gasteiger charge is -2.29. The predicted octanol–water partition coefficient (Wildman–Crippen LogP) is 1.45. The van der Waals surface area contributed by atoms with Gasteiger partial charge in [-0.25, -0.2) is 13.1 Å². The quantitative estimate of drug-likeness (QED) is 0.645. The van der Waals surface area contributed by atoms with Crippen molar-refractivity contribution in [3.05, 3.63) is 33.9 Å². The summed E-state index contributed by atoms with van der Waals surface area (Å²) in [5.74, 6) is 0. The molecule has 2 atom stereocenters. The Morgan fingerprint density at radius 1 is 1.33 bits per heavy atom. The second-order valence-corrected chi connectivity index (χ2v) is 7.07. The molecule has 1 saturated carbocycles. The number of hydrogen-bond donors (Lipinski definition) is 2. The minimum absolute atomic E-state index is 0.0610. The summed E-state index contributed by atoms with van der Waals surface area (Å²) in [7, 11) is -3.72. The Hall–Kier alpha value is -1.51. The van der Waals surface area contributed by atoms with Gasteiger partial charge in [-0.15, -0.1) is 0 Å². The summed E-state index contributed by atoms with van der Waals surface area (Å²) in [6, 6.07) is 3.26. The maximum atomic E-state index is 12.4. The van der Waals surface area contributed by atoms with Crippen molar-refractivity contribution < 1.29 is 13.3 Å². The molecule has 0 aliphatic heterocycles. The fourth-order valence-electron chi connectivity index (χ4n) is 2.62. The number of hydrogen-bond acceptors (Lipinski definition) is 5. The maximum absolute atomic E-state index is 12.4. The van der Waals surface area contributed by atoms with Gasteiger partial charge in [0, 0.05) is 24.2 Å². The van der Waals surface area contributed by atoms with Crippen molar-refractivity contribution in [2.45, 2.75) is 49.6 Å². The molecule has 0 radical (unpaired) electrons. The number of nitrogens with one attached hydrogen (secondary N) is 1. The Morgan fingerprint density at radius 3 is 2.57 bits per heavy atom. The number of aryl methyl sites for hydroxylation is 1. The lowest BCUT2D eigenvalue weighted by Crippen LogP contribution is -2.49. The van der Waals surface area contributed by atoms with Crippen molar-refractivity contribution in [3.8, 4) is 0 Å². The third-order valence-electron chi connectivity index (χ3n) is 3.78. The van der Waals surface area contributed by atoms with E-state index < -0.39 is 14.9 Å². The number of nitro groups is 1. The molecule has 7 nitrogen and oxygen atoms in total. The van der Waals surface area contributed by atoms with E-state index in [-0.39, 0.29) is 22.7 Å². The molecule has 1 aliphatic carbocycles. The number of nitro benzene ring substituents is 1. The van der Waals surface area contributed by atoms with E-state index in [1.54, 1.807) is 6.92 Å². The van der Waals surface area contributed by atoms with Gasteiger partial charge in [0.1, 0.15) is 0 Å². The molecule has 0 bridgehead atoms. The van der Waals surface area contributed by atoms with Crippen LogP contribution in [-0.2, 0) is 10.0 Å². The van der Waals surface area contributed by atoms with Gasteiger partial charge < -0.3 is 5.73 Å². The molecule has 3 N–H and O–H groups in total. The molecule has 0 unspecified atom stereocenters. The van der Waals surface area contributed by atoms with Crippen molar-refractivity contribution in [3.63, 3.8) is 0 Å². The maximum Gasteiger partial charge on any atom is 0.269 e. The Labute approximate surface area is 123 Å². The summed E-state index contributed by atoms with van der Waals surface area (Å²) in [4.78, 5) is 10.2. The second-order valence-electron chi connectivity index (χ2n) is 5.38. The van der Waals surface area contributed by atoms with E-state index in [2.05, 4.69) is 4.72 Å². The Morgan fingerprint density at radius 2 is 2.00 bits per heavy atom. The molecular weight excluding hydrogens is 294 g/mol. The summed E-state index contributed by atoms with van der Waals surface area (Å²) < 4.78 is 27.5. The second kappa shape index (κ2) is 6.08. The van der Waals surface area contributed by atoms with Crippen LogP contribution in [0.2, 0.25) is 0 Å². The Balaban J connectivity index is 2.25. The number of benzene rings is 1. The van der Waals surface area contributed by atoms with Crippen LogP contribution in [0.1, 0.15) is 31.2 Å². The third-order valence-corrected chi connectivity index (χ3v) is 5.43. The van der Waals surface area contributed by atoms with Crippen molar-refractivity contribution >= 4 is 15.7 Å². The van der Waals surface area contributed by atoms with Crippen molar-refractivity contribution in [2.75, 3.05) is 0 Å². The van der Waals surface area contributed by atoms with Crippen molar-refractivity contribution in [1.82, 2.24) is 4.72 Å².